The fourth-order valence-corrected chi connectivity index (χ4v) is 3.29. The average molecular weight is 335 g/mol. The first-order valence-electron chi connectivity index (χ1n) is 8.19. The number of alkyl halides is 3. The number of hydrogen-bond donors (Lipinski definition) is 2. The maximum absolute atomic E-state index is 12.1. The summed E-state index contributed by atoms with van der Waals surface area (Å²) in [6, 6.07) is 0.248. The van der Waals surface area contributed by atoms with Gasteiger partial charge in [-0.3, -0.25) is 14.5 Å². The lowest BCUT2D eigenvalue weighted by atomic mass is 9.97. The van der Waals surface area contributed by atoms with Gasteiger partial charge in [-0.25, -0.2) is 0 Å². The van der Waals surface area contributed by atoms with Crippen LogP contribution in [0.4, 0.5) is 13.2 Å². The molecule has 8 heteroatoms. The molecule has 0 bridgehead atoms. The van der Waals surface area contributed by atoms with E-state index < -0.39 is 24.5 Å². The summed E-state index contributed by atoms with van der Waals surface area (Å²) in [6.07, 6.45) is 1.16. The van der Waals surface area contributed by atoms with Gasteiger partial charge in [0, 0.05) is 12.6 Å². The summed E-state index contributed by atoms with van der Waals surface area (Å²) in [5, 5.41) is 4.92. The summed E-state index contributed by atoms with van der Waals surface area (Å²) < 4.78 is 36.4. The number of rotatable bonds is 5. The molecule has 0 spiro atoms. The van der Waals surface area contributed by atoms with Crippen LogP contribution >= 0.6 is 0 Å². The first kappa shape index (κ1) is 18.0. The van der Waals surface area contributed by atoms with E-state index in [9.17, 15) is 22.8 Å². The van der Waals surface area contributed by atoms with Crippen molar-refractivity contribution in [2.24, 2.45) is 5.92 Å². The van der Waals surface area contributed by atoms with Crippen LogP contribution in [0.15, 0.2) is 0 Å². The van der Waals surface area contributed by atoms with E-state index in [-0.39, 0.29) is 18.5 Å². The Bertz CT molecular complexity index is 423. The lowest BCUT2D eigenvalue weighted by molar-refractivity contribution is -0.142. The van der Waals surface area contributed by atoms with Crippen molar-refractivity contribution in [1.29, 1.82) is 0 Å². The maximum atomic E-state index is 12.1. The molecule has 2 N–H and O–H groups in total. The molecule has 1 aliphatic heterocycles. The molecular weight excluding hydrogens is 311 g/mol. The van der Waals surface area contributed by atoms with E-state index in [0.717, 1.165) is 25.7 Å². The second kappa shape index (κ2) is 7.99. The molecule has 0 aromatic carbocycles. The first-order valence-corrected chi connectivity index (χ1v) is 8.19. The number of carbonyl (C=O) groups excluding carboxylic acids is 2. The molecule has 1 heterocycles. The molecule has 1 atom stereocenters. The largest absolute Gasteiger partial charge is 0.405 e. The summed E-state index contributed by atoms with van der Waals surface area (Å²) in [7, 11) is 0. The van der Waals surface area contributed by atoms with Gasteiger partial charge in [-0.1, -0.05) is 12.8 Å². The second-order valence-corrected chi connectivity index (χ2v) is 6.46. The van der Waals surface area contributed by atoms with Crippen molar-refractivity contribution in [3.63, 3.8) is 0 Å². The summed E-state index contributed by atoms with van der Waals surface area (Å²) in [4.78, 5) is 25.7. The Kier molecular flexibility index (Phi) is 6.26. The molecule has 2 aliphatic rings. The Balaban J connectivity index is 1.73. The first-order chi connectivity index (χ1) is 10.8. The molecule has 5 nitrogen and oxygen atoms in total. The molecule has 0 aromatic rings. The molecule has 0 radical (unpaired) electrons. The van der Waals surface area contributed by atoms with E-state index in [1.165, 1.54) is 0 Å². The van der Waals surface area contributed by atoms with E-state index in [4.69, 9.17) is 0 Å². The molecule has 1 aliphatic carbocycles. The Morgan fingerprint density at radius 2 is 1.78 bits per heavy atom. The number of hydrogen-bond acceptors (Lipinski definition) is 3. The van der Waals surface area contributed by atoms with E-state index in [1.807, 2.05) is 10.2 Å². The van der Waals surface area contributed by atoms with Crippen molar-refractivity contribution in [3.8, 4) is 0 Å². The molecule has 1 saturated carbocycles. The van der Waals surface area contributed by atoms with Gasteiger partial charge < -0.3 is 10.6 Å². The summed E-state index contributed by atoms with van der Waals surface area (Å²) in [6.45, 7) is -0.0625. The molecule has 0 unspecified atom stereocenters. The lowest BCUT2D eigenvalue weighted by Crippen LogP contribution is -2.48. The third-order valence-electron chi connectivity index (χ3n) is 4.43. The molecule has 2 rings (SSSR count). The molecule has 1 saturated heterocycles. The minimum atomic E-state index is -4.40. The van der Waals surface area contributed by atoms with Gasteiger partial charge in [-0.2, -0.15) is 13.2 Å². The number of amides is 2. The van der Waals surface area contributed by atoms with Gasteiger partial charge >= 0.3 is 6.18 Å². The van der Waals surface area contributed by atoms with Crippen LogP contribution in [0.5, 0.6) is 0 Å². The van der Waals surface area contributed by atoms with Gasteiger partial charge in [0.2, 0.25) is 11.8 Å². The summed E-state index contributed by atoms with van der Waals surface area (Å²) >= 11 is 0. The lowest BCUT2D eigenvalue weighted by Gasteiger charge is -2.31. The smallest absolute Gasteiger partial charge is 0.352 e. The SMILES string of the molecule is O=C(CN1CCC[C@H](C(=O)NCC(F)(F)F)C1)NC1CCCC1. The van der Waals surface area contributed by atoms with Crippen LogP contribution in [0.2, 0.25) is 0 Å². The Hall–Kier alpha value is -1.31. The predicted octanol–water partition coefficient (Wildman–Crippen LogP) is 1.44. The highest BCUT2D eigenvalue weighted by Gasteiger charge is 2.31. The van der Waals surface area contributed by atoms with Gasteiger partial charge in [0.15, 0.2) is 0 Å². The van der Waals surface area contributed by atoms with Gasteiger partial charge in [0.25, 0.3) is 0 Å². The van der Waals surface area contributed by atoms with E-state index in [0.29, 0.717) is 25.9 Å². The van der Waals surface area contributed by atoms with Gasteiger partial charge in [0.1, 0.15) is 6.54 Å². The van der Waals surface area contributed by atoms with Crippen LogP contribution in [0, 0.1) is 5.92 Å². The monoisotopic (exact) mass is 335 g/mol. The topological polar surface area (TPSA) is 61.4 Å². The average Bonchev–Trinajstić information content (AvgIpc) is 2.97. The number of likely N-dealkylation sites (tertiary alicyclic amines) is 1. The van der Waals surface area contributed by atoms with Gasteiger partial charge in [0.05, 0.1) is 12.5 Å². The molecule has 0 aromatic heterocycles. The van der Waals surface area contributed by atoms with Crippen LogP contribution < -0.4 is 10.6 Å². The van der Waals surface area contributed by atoms with Crippen molar-refractivity contribution in [2.45, 2.75) is 50.7 Å². The maximum Gasteiger partial charge on any atom is 0.405 e. The standard InChI is InChI=1S/C15H24F3N3O2/c16-15(17,18)10-19-14(23)11-4-3-7-21(8-11)9-13(22)20-12-5-1-2-6-12/h11-12H,1-10H2,(H,19,23)(H,20,22)/t11-/m0/s1. The third-order valence-corrected chi connectivity index (χ3v) is 4.43. The highest BCUT2D eigenvalue weighted by Crippen LogP contribution is 2.19. The number of nitrogens with one attached hydrogen (secondary N) is 2. The predicted molar refractivity (Wildman–Crippen MR) is 78.6 cm³/mol. The van der Waals surface area contributed by atoms with Crippen LogP contribution in [-0.2, 0) is 9.59 Å². The second-order valence-electron chi connectivity index (χ2n) is 6.46. The third kappa shape index (κ3) is 6.37. The van der Waals surface area contributed by atoms with Crippen LogP contribution in [0.3, 0.4) is 0 Å². The van der Waals surface area contributed by atoms with E-state index in [2.05, 4.69) is 5.32 Å². The molecule has 2 fully saturated rings. The Morgan fingerprint density at radius 1 is 1.09 bits per heavy atom. The number of nitrogens with zero attached hydrogens (tertiary/aromatic N) is 1. The van der Waals surface area contributed by atoms with Crippen molar-refractivity contribution in [2.75, 3.05) is 26.2 Å². The number of halogens is 3. The number of carbonyl (C=O) groups is 2. The molecule has 132 valence electrons. The van der Waals surface area contributed by atoms with Crippen molar-refractivity contribution in [3.05, 3.63) is 0 Å². The Labute approximate surface area is 134 Å². The van der Waals surface area contributed by atoms with Gasteiger partial charge in [-0.05, 0) is 32.2 Å². The van der Waals surface area contributed by atoms with Crippen molar-refractivity contribution < 1.29 is 22.8 Å². The minimum Gasteiger partial charge on any atom is -0.352 e. The highest BCUT2D eigenvalue weighted by molar-refractivity contribution is 5.80. The van der Waals surface area contributed by atoms with Crippen molar-refractivity contribution in [1.82, 2.24) is 15.5 Å². The van der Waals surface area contributed by atoms with Crippen LogP contribution in [0.1, 0.15) is 38.5 Å². The normalized spacial score (nSPS) is 23.7. The molecule has 2 amide bonds. The summed E-state index contributed by atoms with van der Waals surface area (Å²) in [5.41, 5.74) is 0. The van der Waals surface area contributed by atoms with Crippen molar-refractivity contribution >= 4 is 11.8 Å². The molecular formula is C15H24F3N3O2. The molecule has 23 heavy (non-hydrogen) atoms. The van der Waals surface area contributed by atoms with Gasteiger partial charge in [-0.15, -0.1) is 0 Å². The fourth-order valence-electron chi connectivity index (χ4n) is 3.29. The minimum absolute atomic E-state index is 0.0618. The number of piperidine rings is 1. The zero-order valence-electron chi connectivity index (χ0n) is 13.1. The Morgan fingerprint density at radius 3 is 2.43 bits per heavy atom. The zero-order valence-corrected chi connectivity index (χ0v) is 13.1. The summed E-state index contributed by atoms with van der Waals surface area (Å²) in [5.74, 6) is -1.12. The fraction of sp³-hybridized carbons (Fsp3) is 0.867. The zero-order chi connectivity index (χ0) is 16.9. The van der Waals surface area contributed by atoms with Crippen LogP contribution in [0.25, 0.3) is 0 Å². The quantitative estimate of drug-likeness (QED) is 0.799. The van der Waals surface area contributed by atoms with E-state index in [1.54, 1.807) is 0 Å². The van der Waals surface area contributed by atoms with Crippen LogP contribution in [-0.4, -0.2) is 55.1 Å². The van der Waals surface area contributed by atoms with E-state index >= 15 is 0 Å². The highest BCUT2D eigenvalue weighted by atomic mass is 19.4.